The summed E-state index contributed by atoms with van der Waals surface area (Å²) in [5, 5.41) is 0.650. The maximum absolute atomic E-state index is 12.7. The Kier molecular flexibility index (Phi) is 5.69. The van der Waals surface area contributed by atoms with Gasteiger partial charge in [0.25, 0.3) is 5.91 Å². The highest BCUT2D eigenvalue weighted by Gasteiger charge is 2.48. The molecule has 0 spiro atoms. The van der Waals surface area contributed by atoms with Crippen LogP contribution in [0.5, 0.6) is 5.75 Å². The molecule has 2 heterocycles. The second-order valence-corrected chi connectivity index (χ2v) is 11.2. The lowest BCUT2D eigenvalue weighted by Crippen LogP contribution is -2.37. The van der Waals surface area contributed by atoms with Gasteiger partial charge in [-0.25, -0.2) is 8.42 Å². The molecule has 6 nitrogen and oxygen atoms in total. The second-order valence-electron chi connectivity index (χ2n) is 7.84. The van der Waals surface area contributed by atoms with Crippen molar-refractivity contribution >= 4 is 32.7 Å². The molecule has 1 saturated carbocycles. The summed E-state index contributed by atoms with van der Waals surface area (Å²) in [6.45, 7) is 0.546. The molecule has 1 aromatic rings. The van der Waals surface area contributed by atoms with Gasteiger partial charge in [-0.2, -0.15) is 4.99 Å². The summed E-state index contributed by atoms with van der Waals surface area (Å²) in [6, 6.07) is 7.62. The zero-order valence-electron chi connectivity index (χ0n) is 16.0. The molecule has 0 unspecified atom stereocenters. The summed E-state index contributed by atoms with van der Waals surface area (Å²) in [5.74, 6) is 1.07. The minimum atomic E-state index is -3.04. The van der Waals surface area contributed by atoms with Gasteiger partial charge in [-0.05, 0) is 30.5 Å². The molecule has 0 bridgehead atoms. The lowest BCUT2D eigenvalue weighted by atomic mass is 9.89. The van der Waals surface area contributed by atoms with Crippen molar-refractivity contribution in [3.63, 3.8) is 0 Å². The smallest absolute Gasteiger partial charge is 0.251 e. The van der Waals surface area contributed by atoms with Crippen LogP contribution < -0.4 is 4.74 Å². The number of ether oxygens (including phenoxy) is 1. The van der Waals surface area contributed by atoms with Crippen LogP contribution in [0.3, 0.4) is 0 Å². The van der Waals surface area contributed by atoms with Crippen LogP contribution in [-0.2, 0) is 21.2 Å². The second kappa shape index (κ2) is 8.06. The molecule has 8 heteroatoms. The zero-order chi connectivity index (χ0) is 19.7. The van der Waals surface area contributed by atoms with E-state index in [4.69, 9.17) is 4.74 Å². The van der Waals surface area contributed by atoms with Crippen molar-refractivity contribution in [2.24, 2.45) is 10.9 Å². The number of amides is 1. The van der Waals surface area contributed by atoms with E-state index in [1.807, 2.05) is 29.2 Å². The summed E-state index contributed by atoms with van der Waals surface area (Å²) < 4.78 is 29.5. The number of carbonyl (C=O) groups is 1. The molecule has 1 amide bonds. The van der Waals surface area contributed by atoms with Gasteiger partial charge in [-0.15, -0.1) is 0 Å². The zero-order valence-corrected chi connectivity index (χ0v) is 17.7. The van der Waals surface area contributed by atoms with E-state index >= 15 is 0 Å². The fourth-order valence-corrected chi connectivity index (χ4v) is 8.24. The maximum Gasteiger partial charge on any atom is 0.251 e. The molecular formula is C20H26N2O4S2. The van der Waals surface area contributed by atoms with Crippen molar-refractivity contribution in [3.05, 3.63) is 29.8 Å². The molecule has 28 heavy (non-hydrogen) atoms. The summed E-state index contributed by atoms with van der Waals surface area (Å²) >= 11 is 1.46. The van der Waals surface area contributed by atoms with Crippen LogP contribution in [0.4, 0.5) is 0 Å². The summed E-state index contributed by atoms with van der Waals surface area (Å²) in [4.78, 5) is 19.2. The van der Waals surface area contributed by atoms with E-state index in [0.29, 0.717) is 11.7 Å². The van der Waals surface area contributed by atoms with E-state index in [0.717, 1.165) is 37.0 Å². The Morgan fingerprint density at radius 1 is 1.18 bits per heavy atom. The Labute approximate surface area is 170 Å². The fraction of sp³-hybridized carbons (Fsp3) is 0.600. The number of methoxy groups -OCH3 is 1. The van der Waals surface area contributed by atoms with Gasteiger partial charge in [0.15, 0.2) is 15.0 Å². The number of amidine groups is 1. The monoisotopic (exact) mass is 422 g/mol. The Balaban J connectivity index is 1.57. The van der Waals surface area contributed by atoms with Crippen molar-refractivity contribution in [2.45, 2.75) is 49.9 Å². The summed E-state index contributed by atoms with van der Waals surface area (Å²) in [6.07, 6.45) is 5.21. The highest BCUT2D eigenvalue weighted by atomic mass is 32.2. The van der Waals surface area contributed by atoms with Crippen LogP contribution >= 0.6 is 11.8 Å². The van der Waals surface area contributed by atoms with Gasteiger partial charge < -0.3 is 9.64 Å². The van der Waals surface area contributed by atoms with Gasteiger partial charge in [0, 0.05) is 17.7 Å². The number of carbonyl (C=O) groups excluding carboxylic acids is 1. The summed E-state index contributed by atoms with van der Waals surface area (Å²) in [5.41, 5.74) is 1.05. The van der Waals surface area contributed by atoms with Gasteiger partial charge in [-0.1, -0.05) is 43.2 Å². The molecule has 0 aromatic heterocycles. The molecule has 3 aliphatic rings. The number of nitrogens with zero attached hydrogens (tertiary/aromatic N) is 2. The van der Waals surface area contributed by atoms with Crippen molar-refractivity contribution in [1.29, 1.82) is 0 Å². The number of thioether (sulfide) groups is 1. The molecule has 1 aromatic carbocycles. The number of hydrogen-bond donors (Lipinski definition) is 0. The van der Waals surface area contributed by atoms with E-state index in [2.05, 4.69) is 4.99 Å². The number of fused-ring (bicyclic) bond motifs is 1. The Bertz CT molecular complexity index is 861. The fourth-order valence-electron chi connectivity index (χ4n) is 4.28. The maximum atomic E-state index is 12.7. The topological polar surface area (TPSA) is 76.0 Å². The Morgan fingerprint density at radius 2 is 1.89 bits per heavy atom. The predicted molar refractivity (Wildman–Crippen MR) is 111 cm³/mol. The predicted octanol–water partition coefficient (Wildman–Crippen LogP) is 2.87. The highest BCUT2D eigenvalue weighted by Crippen LogP contribution is 2.39. The van der Waals surface area contributed by atoms with Crippen molar-refractivity contribution < 1.29 is 17.9 Å². The number of aliphatic imine (C=N–C) groups is 1. The van der Waals surface area contributed by atoms with Crippen LogP contribution in [0.2, 0.25) is 0 Å². The largest absolute Gasteiger partial charge is 0.497 e. The number of sulfone groups is 1. The third-order valence-electron chi connectivity index (χ3n) is 5.85. The van der Waals surface area contributed by atoms with E-state index in [-0.39, 0.29) is 34.6 Å². The first-order chi connectivity index (χ1) is 13.4. The molecule has 2 atom stereocenters. The molecule has 2 saturated heterocycles. The molecular weight excluding hydrogens is 396 g/mol. The lowest BCUT2D eigenvalue weighted by molar-refractivity contribution is -0.122. The number of rotatable bonds is 4. The lowest BCUT2D eigenvalue weighted by Gasteiger charge is -2.25. The van der Waals surface area contributed by atoms with Crippen LogP contribution in [-0.4, -0.2) is 54.3 Å². The van der Waals surface area contributed by atoms with Crippen LogP contribution in [0.25, 0.3) is 0 Å². The van der Waals surface area contributed by atoms with Gasteiger partial charge in [-0.3, -0.25) is 4.79 Å². The SMILES string of the molecule is COc1ccc(CN2C(=NC(=O)C3CCCCC3)S[C@@H]3CS(=O)(=O)C[C@H]32)cc1. The molecule has 0 radical (unpaired) electrons. The highest BCUT2D eigenvalue weighted by molar-refractivity contribution is 8.15. The van der Waals surface area contributed by atoms with Crippen molar-refractivity contribution in [1.82, 2.24) is 4.90 Å². The first kappa shape index (κ1) is 19.8. The third kappa shape index (κ3) is 4.22. The molecule has 152 valence electrons. The third-order valence-corrected chi connectivity index (χ3v) is 9.09. The van der Waals surface area contributed by atoms with Gasteiger partial charge in [0.2, 0.25) is 0 Å². The molecule has 3 fully saturated rings. The Morgan fingerprint density at radius 3 is 2.57 bits per heavy atom. The molecule has 4 rings (SSSR count). The standard InChI is InChI=1S/C20H26N2O4S2/c1-26-16-9-7-14(8-10-16)11-22-17-12-28(24,25)13-18(17)27-20(22)21-19(23)15-5-3-2-4-6-15/h7-10,15,17-18H,2-6,11-13H2,1H3/t17-,18-/m1/s1. The summed E-state index contributed by atoms with van der Waals surface area (Å²) in [7, 11) is -1.41. The number of hydrogen-bond acceptors (Lipinski definition) is 5. The van der Waals surface area contributed by atoms with E-state index in [1.54, 1.807) is 7.11 Å². The van der Waals surface area contributed by atoms with E-state index < -0.39 is 9.84 Å². The minimum absolute atomic E-state index is 0.0221. The van der Waals surface area contributed by atoms with Gasteiger partial charge >= 0.3 is 0 Å². The average Bonchev–Trinajstić information content (AvgIpc) is 3.15. The van der Waals surface area contributed by atoms with E-state index in [9.17, 15) is 13.2 Å². The molecule has 1 aliphatic carbocycles. The minimum Gasteiger partial charge on any atom is -0.497 e. The average molecular weight is 423 g/mol. The normalized spacial score (nSPS) is 28.5. The van der Waals surface area contributed by atoms with Crippen LogP contribution in [0.15, 0.2) is 29.3 Å². The molecule has 2 aliphatic heterocycles. The quantitative estimate of drug-likeness (QED) is 0.743. The Hall–Kier alpha value is -1.54. The first-order valence-electron chi connectivity index (χ1n) is 9.84. The van der Waals surface area contributed by atoms with Gasteiger partial charge in [0.1, 0.15) is 5.75 Å². The molecule has 0 N–H and O–H groups in total. The van der Waals surface area contributed by atoms with Crippen LogP contribution in [0.1, 0.15) is 37.7 Å². The van der Waals surface area contributed by atoms with Crippen molar-refractivity contribution in [2.75, 3.05) is 18.6 Å². The van der Waals surface area contributed by atoms with Crippen molar-refractivity contribution in [3.8, 4) is 5.75 Å². The van der Waals surface area contributed by atoms with E-state index in [1.165, 1.54) is 18.2 Å². The number of benzene rings is 1. The van der Waals surface area contributed by atoms with Crippen LogP contribution in [0, 0.1) is 5.92 Å². The van der Waals surface area contributed by atoms with Gasteiger partial charge in [0.05, 0.1) is 24.7 Å². The first-order valence-corrected chi connectivity index (χ1v) is 12.5.